The van der Waals surface area contributed by atoms with Crippen LogP contribution in [0.2, 0.25) is 0 Å². The van der Waals surface area contributed by atoms with Crippen molar-refractivity contribution >= 4 is 5.91 Å². The molecule has 0 aliphatic carbocycles. The van der Waals surface area contributed by atoms with Gasteiger partial charge < -0.3 is 5.32 Å². The molecule has 1 amide bonds. The molecule has 1 aromatic rings. The number of halogens is 6. The summed E-state index contributed by atoms with van der Waals surface area (Å²) in [4.78, 5) is 12.1. The third-order valence-corrected chi connectivity index (χ3v) is 3.99. The van der Waals surface area contributed by atoms with Crippen LogP contribution in [-0.2, 0) is 12.4 Å². The average molecular weight is 369 g/mol. The van der Waals surface area contributed by atoms with Crippen molar-refractivity contribution in [3.63, 3.8) is 0 Å². The zero-order valence-electron chi connectivity index (χ0n) is 14.0. The second-order valence-electron chi connectivity index (χ2n) is 5.88. The van der Waals surface area contributed by atoms with Gasteiger partial charge in [-0.1, -0.05) is 33.1 Å². The van der Waals surface area contributed by atoms with Gasteiger partial charge in [0, 0.05) is 6.54 Å². The lowest BCUT2D eigenvalue weighted by molar-refractivity contribution is -0.141. The lowest BCUT2D eigenvalue weighted by atomic mass is 9.98. The van der Waals surface area contributed by atoms with Gasteiger partial charge >= 0.3 is 12.4 Å². The highest BCUT2D eigenvalue weighted by molar-refractivity contribution is 5.96. The molecule has 0 bridgehead atoms. The first kappa shape index (κ1) is 21.3. The molecule has 0 radical (unpaired) electrons. The van der Waals surface area contributed by atoms with Gasteiger partial charge in [0.05, 0.1) is 16.7 Å². The SMILES string of the molecule is CCCCC(CC)CNC(=O)c1cc(C(F)(F)F)ccc1C(F)(F)F. The maximum Gasteiger partial charge on any atom is 0.417 e. The van der Waals surface area contributed by atoms with Crippen LogP contribution in [0.5, 0.6) is 0 Å². The third-order valence-electron chi connectivity index (χ3n) is 3.99. The van der Waals surface area contributed by atoms with Crippen molar-refractivity contribution < 1.29 is 31.1 Å². The van der Waals surface area contributed by atoms with E-state index in [1.54, 1.807) is 0 Å². The van der Waals surface area contributed by atoms with E-state index >= 15 is 0 Å². The molecule has 0 aliphatic heterocycles. The van der Waals surface area contributed by atoms with Gasteiger partial charge in [0.25, 0.3) is 5.91 Å². The third kappa shape index (κ3) is 6.25. The van der Waals surface area contributed by atoms with Crippen molar-refractivity contribution in [3.05, 3.63) is 34.9 Å². The fraction of sp³-hybridized carbons (Fsp3) is 0.588. The monoisotopic (exact) mass is 369 g/mol. The van der Waals surface area contributed by atoms with Gasteiger partial charge in [-0.3, -0.25) is 4.79 Å². The molecule has 8 heteroatoms. The van der Waals surface area contributed by atoms with Gasteiger partial charge in [0.15, 0.2) is 0 Å². The largest absolute Gasteiger partial charge is 0.417 e. The van der Waals surface area contributed by atoms with E-state index in [9.17, 15) is 31.1 Å². The lowest BCUT2D eigenvalue weighted by Crippen LogP contribution is -2.31. The number of benzene rings is 1. The molecule has 0 saturated carbocycles. The average Bonchev–Trinajstić information content (AvgIpc) is 2.52. The summed E-state index contributed by atoms with van der Waals surface area (Å²) in [7, 11) is 0. The van der Waals surface area contributed by atoms with Crippen molar-refractivity contribution in [2.45, 2.75) is 51.9 Å². The summed E-state index contributed by atoms with van der Waals surface area (Å²) in [5, 5.41) is 2.34. The molecule has 1 rings (SSSR count). The maximum absolute atomic E-state index is 13.0. The number of alkyl halides is 6. The van der Waals surface area contributed by atoms with Crippen LogP contribution in [0, 0.1) is 5.92 Å². The molecule has 0 spiro atoms. The standard InChI is InChI=1S/C17H21F6NO/c1-3-5-6-11(4-2)10-24-15(25)13-9-12(16(18,19)20)7-8-14(13)17(21,22)23/h7-9,11H,3-6,10H2,1-2H3,(H,24,25). The number of rotatable bonds is 7. The normalized spacial score (nSPS) is 13.6. The number of unbranched alkanes of at least 4 members (excludes halogenated alkanes) is 1. The van der Waals surface area contributed by atoms with Gasteiger partial charge in [0.2, 0.25) is 0 Å². The van der Waals surface area contributed by atoms with Crippen LogP contribution >= 0.6 is 0 Å². The Morgan fingerprint density at radius 2 is 1.72 bits per heavy atom. The van der Waals surface area contributed by atoms with Crippen LogP contribution in [0.4, 0.5) is 26.3 Å². The molecule has 1 aromatic carbocycles. The number of carbonyl (C=O) groups excluding carboxylic acids is 1. The van der Waals surface area contributed by atoms with E-state index in [1.165, 1.54) is 0 Å². The predicted molar refractivity (Wildman–Crippen MR) is 82.1 cm³/mol. The summed E-state index contributed by atoms with van der Waals surface area (Å²) in [6.07, 6.45) is -6.38. The van der Waals surface area contributed by atoms with Gasteiger partial charge in [-0.05, 0) is 30.5 Å². The Kier molecular flexibility index (Phi) is 7.31. The Morgan fingerprint density at radius 3 is 2.20 bits per heavy atom. The van der Waals surface area contributed by atoms with Crippen molar-refractivity contribution in [2.24, 2.45) is 5.92 Å². The zero-order valence-corrected chi connectivity index (χ0v) is 14.0. The Bertz CT molecular complexity index is 579. The molecule has 0 heterocycles. The van der Waals surface area contributed by atoms with Crippen molar-refractivity contribution in [1.82, 2.24) is 5.32 Å². The van der Waals surface area contributed by atoms with E-state index in [1.807, 2.05) is 13.8 Å². The molecule has 142 valence electrons. The van der Waals surface area contributed by atoms with E-state index in [2.05, 4.69) is 5.32 Å². The highest BCUT2D eigenvalue weighted by Gasteiger charge is 2.38. The Balaban J connectivity index is 3.05. The minimum atomic E-state index is -4.91. The van der Waals surface area contributed by atoms with Crippen molar-refractivity contribution in [1.29, 1.82) is 0 Å². The fourth-order valence-corrected chi connectivity index (χ4v) is 2.43. The smallest absolute Gasteiger partial charge is 0.352 e. The van der Waals surface area contributed by atoms with E-state index in [-0.39, 0.29) is 18.5 Å². The molecule has 0 aromatic heterocycles. The number of hydrogen-bond donors (Lipinski definition) is 1. The first-order chi connectivity index (χ1) is 11.5. The van der Waals surface area contributed by atoms with Crippen LogP contribution < -0.4 is 5.32 Å². The van der Waals surface area contributed by atoms with E-state index in [0.717, 1.165) is 25.7 Å². The lowest BCUT2D eigenvalue weighted by Gasteiger charge is -2.18. The van der Waals surface area contributed by atoms with Gasteiger partial charge in [-0.25, -0.2) is 0 Å². The summed E-state index contributed by atoms with van der Waals surface area (Å²) >= 11 is 0. The molecule has 1 N–H and O–H groups in total. The Morgan fingerprint density at radius 1 is 1.08 bits per heavy atom. The minimum Gasteiger partial charge on any atom is -0.352 e. The van der Waals surface area contributed by atoms with Gasteiger partial charge in [0.1, 0.15) is 0 Å². The first-order valence-electron chi connectivity index (χ1n) is 8.07. The first-order valence-corrected chi connectivity index (χ1v) is 8.07. The Hall–Kier alpha value is -1.73. The zero-order chi connectivity index (χ0) is 19.3. The van der Waals surface area contributed by atoms with Crippen LogP contribution in [0.1, 0.15) is 61.0 Å². The second kappa shape index (κ2) is 8.58. The van der Waals surface area contributed by atoms with Crippen molar-refractivity contribution in [3.8, 4) is 0 Å². The summed E-state index contributed by atoms with van der Waals surface area (Å²) in [6, 6.07) is 0.882. The summed E-state index contributed by atoms with van der Waals surface area (Å²) in [5.74, 6) is -1.07. The molecule has 25 heavy (non-hydrogen) atoms. The molecular weight excluding hydrogens is 348 g/mol. The fourth-order valence-electron chi connectivity index (χ4n) is 2.43. The van der Waals surface area contributed by atoms with Crippen LogP contribution in [0.15, 0.2) is 18.2 Å². The topological polar surface area (TPSA) is 29.1 Å². The van der Waals surface area contributed by atoms with Crippen LogP contribution in [0.25, 0.3) is 0 Å². The molecule has 0 fully saturated rings. The molecule has 1 atom stereocenters. The van der Waals surface area contributed by atoms with E-state index < -0.39 is 35.0 Å². The quantitative estimate of drug-likeness (QED) is 0.617. The maximum atomic E-state index is 13.0. The summed E-state index contributed by atoms with van der Waals surface area (Å²) in [6.45, 7) is 4.00. The highest BCUT2D eigenvalue weighted by Crippen LogP contribution is 2.36. The molecule has 0 aliphatic rings. The predicted octanol–water partition coefficient (Wildman–Crippen LogP) is 5.67. The number of hydrogen-bond acceptors (Lipinski definition) is 1. The van der Waals surface area contributed by atoms with Crippen molar-refractivity contribution in [2.75, 3.05) is 6.54 Å². The molecule has 2 nitrogen and oxygen atoms in total. The number of carbonyl (C=O) groups is 1. The Labute approximate surface area is 142 Å². The van der Waals surface area contributed by atoms with Crippen LogP contribution in [0.3, 0.4) is 0 Å². The highest BCUT2D eigenvalue weighted by atomic mass is 19.4. The summed E-state index contributed by atoms with van der Waals surface area (Å²) < 4.78 is 77.3. The van der Waals surface area contributed by atoms with E-state index in [0.29, 0.717) is 12.1 Å². The van der Waals surface area contributed by atoms with Gasteiger partial charge in [-0.2, -0.15) is 26.3 Å². The number of amides is 1. The molecule has 0 saturated heterocycles. The van der Waals surface area contributed by atoms with E-state index in [4.69, 9.17) is 0 Å². The van der Waals surface area contributed by atoms with Gasteiger partial charge in [-0.15, -0.1) is 0 Å². The number of nitrogens with one attached hydrogen (secondary N) is 1. The minimum absolute atomic E-state index is 0.0732. The molecular formula is C17H21F6NO. The summed E-state index contributed by atoms with van der Waals surface area (Å²) in [5.41, 5.74) is -3.67. The molecule has 1 unspecified atom stereocenters. The second-order valence-corrected chi connectivity index (χ2v) is 5.88. The van der Waals surface area contributed by atoms with Crippen LogP contribution in [-0.4, -0.2) is 12.5 Å².